The van der Waals surface area contributed by atoms with Gasteiger partial charge in [-0.05, 0) is 60.9 Å². The van der Waals surface area contributed by atoms with Crippen LogP contribution in [0.2, 0.25) is 0 Å². The Labute approximate surface area is 115 Å². The van der Waals surface area contributed by atoms with Crippen LogP contribution in [0.4, 0.5) is 0 Å². The monoisotopic (exact) mass is 263 g/mol. The lowest BCUT2D eigenvalue weighted by Crippen LogP contribution is -2.45. The highest BCUT2D eigenvalue weighted by atomic mass is 32.1. The zero-order valence-corrected chi connectivity index (χ0v) is 12.4. The zero-order chi connectivity index (χ0) is 12.5. The summed E-state index contributed by atoms with van der Waals surface area (Å²) >= 11 is 1.95. The van der Waals surface area contributed by atoms with E-state index in [1.165, 1.54) is 38.5 Å². The number of hydrogen-bond acceptors (Lipinski definition) is 2. The van der Waals surface area contributed by atoms with Gasteiger partial charge in [0.05, 0.1) is 0 Å². The predicted octanol–water partition coefficient (Wildman–Crippen LogP) is 4.54. The van der Waals surface area contributed by atoms with Crippen molar-refractivity contribution >= 4 is 11.3 Å². The van der Waals surface area contributed by atoms with Crippen molar-refractivity contribution < 1.29 is 0 Å². The number of nitrogens with one attached hydrogen (secondary N) is 1. The van der Waals surface area contributed by atoms with Crippen LogP contribution in [0.3, 0.4) is 0 Å². The molecule has 0 radical (unpaired) electrons. The minimum absolute atomic E-state index is 0.632. The van der Waals surface area contributed by atoms with Crippen molar-refractivity contribution in [2.24, 2.45) is 11.8 Å². The lowest BCUT2D eigenvalue weighted by Gasteiger charge is -2.39. The first-order valence-corrected chi connectivity index (χ1v) is 8.46. The molecule has 100 valence electrons. The minimum atomic E-state index is 0.632. The van der Waals surface area contributed by atoms with Crippen molar-refractivity contribution in [2.45, 2.75) is 64.5 Å². The molecule has 1 N–H and O–H groups in total. The number of hydrogen-bond donors (Lipinski definition) is 1. The third-order valence-corrected chi connectivity index (χ3v) is 5.99. The van der Waals surface area contributed by atoms with Crippen LogP contribution >= 0.6 is 11.3 Å². The van der Waals surface area contributed by atoms with Crippen molar-refractivity contribution in [1.82, 2.24) is 5.32 Å². The quantitative estimate of drug-likeness (QED) is 0.826. The van der Waals surface area contributed by atoms with Gasteiger partial charge in [-0.1, -0.05) is 20.3 Å². The molecule has 0 spiro atoms. The normalized spacial score (nSPS) is 36.3. The van der Waals surface area contributed by atoms with Crippen LogP contribution in [0.5, 0.6) is 0 Å². The predicted molar refractivity (Wildman–Crippen MR) is 79.1 cm³/mol. The largest absolute Gasteiger partial charge is 0.307 e. The summed E-state index contributed by atoms with van der Waals surface area (Å²) in [4.78, 5) is 1.63. The Morgan fingerprint density at radius 3 is 2.67 bits per heavy atom. The van der Waals surface area contributed by atoms with Gasteiger partial charge in [0.2, 0.25) is 0 Å². The molecule has 2 aliphatic carbocycles. The smallest absolute Gasteiger partial charge is 0.0334 e. The van der Waals surface area contributed by atoms with E-state index in [0.29, 0.717) is 6.04 Å². The fourth-order valence-corrected chi connectivity index (χ4v) is 4.89. The Morgan fingerprint density at radius 1 is 1.11 bits per heavy atom. The maximum atomic E-state index is 4.01. The Morgan fingerprint density at radius 2 is 1.89 bits per heavy atom. The van der Waals surface area contributed by atoms with Crippen LogP contribution in [0.15, 0.2) is 11.4 Å². The maximum absolute atomic E-state index is 4.01. The van der Waals surface area contributed by atoms with Crippen LogP contribution < -0.4 is 5.32 Å². The molecule has 2 heteroatoms. The van der Waals surface area contributed by atoms with Crippen molar-refractivity contribution in [1.29, 1.82) is 0 Å². The second-order valence-corrected chi connectivity index (χ2v) is 7.32. The lowest BCUT2D eigenvalue weighted by molar-refractivity contribution is 0.187. The molecule has 0 aliphatic heterocycles. The molecule has 1 heterocycles. The molecule has 0 aromatic carbocycles. The van der Waals surface area contributed by atoms with Gasteiger partial charge < -0.3 is 5.32 Å². The van der Waals surface area contributed by atoms with E-state index >= 15 is 0 Å². The van der Waals surface area contributed by atoms with Crippen molar-refractivity contribution in [3.63, 3.8) is 0 Å². The van der Waals surface area contributed by atoms with E-state index in [-0.39, 0.29) is 0 Å². The molecule has 18 heavy (non-hydrogen) atoms. The van der Waals surface area contributed by atoms with Gasteiger partial charge in [-0.3, -0.25) is 0 Å². The molecule has 0 bridgehead atoms. The number of rotatable bonds is 2. The van der Waals surface area contributed by atoms with Gasteiger partial charge in [0.15, 0.2) is 0 Å². The Kier molecular flexibility index (Phi) is 3.76. The standard InChI is InChI=1S/C16H25NS/c1-11-5-3-6-12(2)16(11)17-14-7-4-8-15-13(14)9-10-18-15/h9-12,14,16-17H,3-8H2,1-2H3. The summed E-state index contributed by atoms with van der Waals surface area (Å²) in [6, 6.07) is 3.72. The molecule has 1 nitrogen and oxygen atoms in total. The Hall–Kier alpha value is -0.340. The fraction of sp³-hybridized carbons (Fsp3) is 0.750. The van der Waals surface area contributed by atoms with E-state index in [2.05, 4.69) is 30.6 Å². The van der Waals surface area contributed by atoms with Crippen molar-refractivity contribution in [2.75, 3.05) is 0 Å². The minimum Gasteiger partial charge on any atom is -0.307 e. The summed E-state index contributed by atoms with van der Waals surface area (Å²) in [7, 11) is 0. The molecule has 0 saturated heterocycles. The SMILES string of the molecule is CC1CCCC(C)C1NC1CCCc2sccc21. The van der Waals surface area contributed by atoms with Crippen LogP contribution in [0, 0.1) is 11.8 Å². The topological polar surface area (TPSA) is 12.0 Å². The molecule has 1 aromatic rings. The molecule has 3 unspecified atom stereocenters. The highest BCUT2D eigenvalue weighted by Gasteiger charge is 2.31. The first kappa shape index (κ1) is 12.7. The van der Waals surface area contributed by atoms with E-state index in [0.717, 1.165) is 17.9 Å². The summed E-state index contributed by atoms with van der Waals surface area (Å²) in [5, 5.41) is 6.28. The fourth-order valence-electron chi connectivity index (χ4n) is 3.90. The molecule has 1 fully saturated rings. The van der Waals surface area contributed by atoms with E-state index < -0.39 is 0 Å². The second kappa shape index (κ2) is 5.34. The van der Waals surface area contributed by atoms with Crippen LogP contribution in [0.1, 0.15) is 62.4 Å². The van der Waals surface area contributed by atoms with Gasteiger partial charge in [-0.15, -0.1) is 11.3 Å². The third kappa shape index (κ3) is 2.37. The van der Waals surface area contributed by atoms with Crippen molar-refractivity contribution in [3.05, 3.63) is 21.9 Å². The molecule has 3 rings (SSSR count). The molecule has 0 amide bonds. The summed E-state index contributed by atoms with van der Waals surface area (Å²) in [6.07, 6.45) is 8.24. The van der Waals surface area contributed by atoms with Crippen LogP contribution in [-0.4, -0.2) is 6.04 Å². The average Bonchev–Trinajstić information content (AvgIpc) is 2.83. The highest BCUT2D eigenvalue weighted by Crippen LogP contribution is 2.36. The molecule has 1 saturated carbocycles. The first-order valence-electron chi connectivity index (χ1n) is 7.58. The molecular formula is C16H25NS. The Bertz CT molecular complexity index is 388. The molecule has 2 aliphatic rings. The highest BCUT2D eigenvalue weighted by molar-refractivity contribution is 7.10. The Balaban J connectivity index is 1.73. The van der Waals surface area contributed by atoms with Crippen LogP contribution in [0.25, 0.3) is 0 Å². The van der Waals surface area contributed by atoms with Gasteiger partial charge in [-0.25, -0.2) is 0 Å². The first-order chi connectivity index (χ1) is 8.75. The third-order valence-electron chi connectivity index (χ3n) is 4.99. The summed E-state index contributed by atoms with van der Waals surface area (Å²) in [6.45, 7) is 4.87. The summed E-state index contributed by atoms with van der Waals surface area (Å²) < 4.78 is 0. The maximum Gasteiger partial charge on any atom is 0.0334 e. The van der Waals surface area contributed by atoms with Gasteiger partial charge in [0, 0.05) is 17.0 Å². The van der Waals surface area contributed by atoms with Gasteiger partial charge >= 0.3 is 0 Å². The van der Waals surface area contributed by atoms with E-state index in [9.17, 15) is 0 Å². The molecular weight excluding hydrogens is 238 g/mol. The number of aryl methyl sites for hydroxylation is 1. The van der Waals surface area contributed by atoms with Gasteiger partial charge in [0.25, 0.3) is 0 Å². The summed E-state index contributed by atoms with van der Waals surface area (Å²) in [5.41, 5.74) is 1.61. The second-order valence-electron chi connectivity index (χ2n) is 6.32. The van der Waals surface area contributed by atoms with E-state index in [1.54, 1.807) is 10.4 Å². The average molecular weight is 263 g/mol. The molecule has 1 aromatic heterocycles. The van der Waals surface area contributed by atoms with Crippen molar-refractivity contribution in [3.8, 4) is 0 Å². The number of thiophene rings is 1. The van der Waals surface area contributed by atoms with Crippen LogP contribution in [-0.2, 0) is 6.42 Å². The van der Waals surface area contributed by atoms with Gasteiger partial charge in [0.1, 0.15) is 0 Å². The van der Waals surface area contributed by atoms with E-state index in [1.807, 2.05) is 11.3 Å². The van der Waals surface area contributed by atoms with E-state index in [4.69, 9.17) is 0 Å². The number of fused-ring (bicyclic) bond motifs is 1. The lowest BCUT2D eigenvalue weighted by atomic mass is 9.77. The molecule has 3 atom stereocenters. The zero-order valence-electron chi connectivity index (χ0n) is 11.6. The summed E-state index contributed by atoms with van der Waals surface area (Å²) in [5.74, 6) is 1.69. The van der Waals surface area contributed by atoms with Gasteiger partial charge in [-0.2, -0.15) is 0 Å².